The van der Waals surface area contributed by atoms with Gasteiger partial charge in [0.2, 0.25) is 11.8 Å². The van der Waals surface area contributed by atoms with Crippen molar-refractivity contribution in [3.05, 3.63) is 60.4 Å². The highest BCUT2D eigenvalue weighted by Gasteiger charge is 2.27. The average Bonchev–Trinajstić information content (AvgIpc) is 2.98. The first-order chi connectivity index (χ1) is 20.3. The summed E-state index contributed by atoms with van der Waals surface area (Å²) >= 11 is 4.14. The van der Waals surface area contributed by atoms with Gasteiger partial charge in [0.05, 0.1) is 18.3 Å². The van der Waals surface area contributed by atoms with Crippen molar-refractivity contribution in [3.63, 3.8) is 0 Å². The number of amides is 6. The smallest absolute Gasteiger partial charge is 0.312 e. The van der Waals surface area contributed by atoms with Crippen LogP contribution in [0.2, 0.25) is 0 Å². The molecule has 9 N–H and O–H groups in total. The number of hydrogen-bond acceptors (Lipinski definition) is 8. The summed E-state index contributed by atoms with van der Waals surface area (Å²) in [4.78, 5) is 55.1. The number of aromatic nitrogens is 1. The predicted octanol–water partition coefficient (Wildman–Crippen LogP) is 0.997. The van der Waals surface area contributed by atoms with Crippen LogP contribution in [0.25, 0.3) is 0 Å². The minimum atomic E-state index is -0.811. The minimum Gasteiger partial charge on any atom is -0.371 e. The van der Waals surface area contributed by atoms with Gasteiger partial charge in [-0.1, -0.05) is 30.3 Å². The normalized spacial score (nSPS) is 12.1. The maximum atomic E-state index is 13.7. The molecule has 0 fully saturated rings. The van der Waals surface area contributed by atoms with Gasteiger partial charge in [-0.2, -0.15) is 12.6 Å². The quantitative estimate of drug-likeness (QED) is 0.0629. The van der Waals surface area contributed by atoms with Crippen molar-refractivity contribution in [2.24, 2.45) is 17.4 Å². The van der Waals surface area contributed by atoms with E-state index in [2.05, 4.69) is 49.1 Å². The summed E-state index contributed by atoms with van der Waals surface area (Å²) in [7, 11) is 0. The Balaban J connectivity index is 2.20. The molecule has 1 aromatic heterocycles. The van der Waals surface area contributed by atoms with Crippen LogP contribution in [0.1, 0.15) is 31.2 Å². The number of urea groups is 2. The van der Waals surface area contributed by atoms with E-state index < -0.39 is 24.0 Å². The van der Waals surface area contributed by atoms with Crippen LogP contribution in [0.4, 0.5) is 15.3 Å². The minimum absolute atomic E-state index is 0.272. The number of pyridine rings is 1. The Bertz CT molecular complexity index is 1100. The maximum Gasteiger partial charge on any atom is 0.312 e. The van der Waals surface area contributed by atoms with E-state index >= 15 is 0 Å². The molecule has 1 aromatic carbocycles. The van der Waals surface area contributed by atoms with Crippen molar-refractivity contribution in [2.45, 2.75) is 38.3 Å². The fraction of sp³-hybridized carbons (Fsp3) is 0.464. The van der Waals surface area contributed by atoms with Gasteiger partial charge in [0.25, 0.3) is 0 Å². The lowest BCUT2D eigenvalue weighted by Crippen LogP contribution is -2.50. The van der Waals surface area contributed by atoms with Crippen LogP contribution in [-0.2, 0) is 16.1 Å². The summed E-state index contributed by atoms with van der Waals surface area (Å²) < 4.78 is 0. The molecule has 0 radical (unpaired) electrons. The standard InChI is InChI=1S/C28H43N9O4S/c29-27(40)33-13-4-9-22(25(38)36-24(26(39)32-15-16-42)11-6-14-34-28(30)41)19-37(18-21-7-2-1-3-8-21)20-35-23-10-5-12-31-17-23/h1-3,5,7-8,10,12,17,22,24,35,42H,4,6,9,11,13-16,18-20H2,(H,32,39)(H,36,38)(H3,29,33,40)(H3,30,34,41). The summed E-state index contributed by atoms with van der Waals surface area (Å²) in [6.07, 6.45) is 5.11. The van der Waals surface area contributed by atoms with Gasteiger partial charge >= 0.3 is 12.1 Å². The Morgan fingerprint density at radius 1 is 0.857 bits per heavy atom. The molecule has 2 atom stereocenters. The van der Waals surface area contributed by atoms with Crippen LogP contribution in [0.3, 0.4) is 0 Å². The molecule has 14 heteroatoms. The highest BCUT2D eigenvalue weighted by atomic mass is 32.1. The fourth-order valence-corrected chi connectivity index (χ4v) is 4.36. The molecule has 2 aromatic rings. The lowest BCUT2D eigenvalue weighted by atomic mass is 9.99. The highest BCUT2D eigenvalue weighted by molar-refractivity contribution is 7.80. The Morgan fingerprint density at radius 3 is 2.17 bits per heavy atom. The van der Waals surface area contributed by atoms with E-state index in [0.717, 1.165) is 11.3 Å². The summed E-state index contributed by atoms with van der Waals surface area (Å²) in [5.41, 5.74) is 12.3. The molecule has 0 spiro atoms. The van der Waals surface area contributed by atoms with Gasteiger partial charge < -0.3 is 38.1 Å². The molecule has 1 heterocycles. The topological polar surface area (TPSA) is 197 Å². The number of anilines is 1. The lowest BCUT2D eigenvalue weighted by molar-refractivity contribution is -0.131. The molecule has 0 saturated carbocycles. The Labute approximate surface area is 252 Å². The fourth-order valence-electron chi connectivity index (χ4n) is 4.25. The number of carbonyl (C=O) groups excluding carboxylic acids is 4. The number of nitrogens with one attached hydrogen (secondary N) is 5. The van der Waals surface area contributed by atoms with Crippen LogP contribution in [0.5, 0.6) is 0 Å². The second-order valence-corrected chi connectivity index (χ2v) is 10.2. The van der Waals surface area contributed by atoms with Gasteiger partial charge in [0, 0.05) is 50.9 Å². The SMILES string of the molecule is NC(=O)NCCCC(CN(CNc1cccnc1)Cc1ccccc1)C(=O)NC(CCCNC(N)=O)C(=O)NCCS. The zero-order chi connectivity index (χ0) is 30.6. The number of hydrogen-bond donors (Lipinski definition) is 8. The molecular formula is C28H43N9O4S. The third kappa shape index (κ3) is 14.6. The van der Waals surface area contributed by atoms with Gasteiger partial charge in [-0.05, 0) is 43.4 Å². The number of rotatable bonds is 20. The second kappa shape index (κ2) is 19.9. The number of nitrogens with two attached hydrogens (primary N) is 2. The zero-order valence-electron chi connectivity index (χ0n) is 23.8. The molecule has 0 aliphatic rings. The molecule has 0 saturated heterocycles. The van der Waals surface area contributed by atoms with E-state index in [-0.39, 0.29) is 18.4 Å². The zero-order valence-corrected chi connectivity index (χ0v) is 24.7. The largest absolute Gasteiger partial charge is 0.371 e. The number of thiol groups is 1. The number of carbonyl (C=O) groups is 4. The molecule has 230 valence electrons. The van der Waals surface area contributed by atoms with E-state index in [1.807, 2.05) is 42.5 Å². The third-order valence-electron chi connectivity index (χ3n) is 6.31. The first-order valence-electron chi connectivity index (χ1n) is 13.9. The van der Waals surface area contributed by atoms with Crippen molar-refractivity contribution >= 4 is 42.2 Å². The van der Waals surface area contributed by atoms with Crippen LogP contribution in [0.15, 0.2) is 54.9 Å². The van der Waals surface area contributed by atoms with E-state index in [0.29, 0.717) is 64.3 Å². The van der Waals surface area contributed by atoms with E-state index in [4.69, 9.17) is 11.5 Å². The molecule has 6 amide bonds. The van der Waals surface area contributed by atoms with Crippen molar-refractivity contribution in [3.8, 4) is 0 Å². The van der Waals surface area contributed by atoms with Crippen LogP contribution in [0, 0.1) is 5.92 Å². The van der Waals surface area contributed by atoms with Gasteiger partial charge in [0.15, 0.2) is 0 Å². The van der Waals surface area contributed by atoms with E-state index in [9.17, 15) is 19.2 Å². The molecule has 2 rings (SSSR count). The number of benzene rings is 1. The van der Waals surface area contributed by atoms with Gasteiger partial charge in [-0.25, -0.2) is 9.59 Å². The summed E-state index contributed by atoms with van der Waals surface area (Å²) in [5.74, 6) is -0.681. The third-order valence-corrected chi connectivity index (χ3v) is 6.53. The average molecular weight is 602 g/mol. The van der Waals surface area contributed by atoms with Crippen molar-refractivity contribution in [1.82, 2.24) is 31.2 Å². The van der Waals surface area contributed by atoms with Crippen molar-refractivity contribution in [2.75, 3.05) is 43.9 Å². The summed E-state index contributed by atoms with van der Waals surface area (Å²) in [6, 6.07) is 11.6. The van der Waals surface area contributed by atoms with Crippen LogP contribution in [-0.4, -0.2) is 78.4 Å². The Kier molecular flexibility index (Phi) is 16.2. The predicted molar refractivity (Wildman–Crippen MR) is 166 cm³/mol. The first-order valence-corrected chi connectivity index (χ1v) is 14.6. The van der Waals surface area contributed by atoms with Crippen LogP contribution < -0.4 is 38.1 Å². The van der Waals surface area contributed by atoms with Crippen molar-refractivity contribution in [1.29, 1.82) is 0 Å². The number of primary amides is 2. The second-order valence-electron chi connectivity index (χ2n) is 9.71. The summed E-state index contributed by atoms with van der Waals surface area (Å²) in [5, 5.41) is 14.1. The van der Waals surface area contributed by atoms with Gasteiger partial charge in [-0.3, -0.25) is 19.5 Å². The first kappa shape index (κ1) is 34.2. The van der Waals surface area contributed by atoms with Gasteiger partial charge in [-0.15, -0.1) is 0 Å². The maximum absolute atomic E-state index is 13.7. The lowest BCUT2D eigenvalue weighted by Gasteiger charge is -2.29. The molecular weight excluding hydrogens is 558 g/mol. The van der Waals surface area contributed by atoms with Crippen molar-refractivity contribution < 1.29 is 19.2 Å². The molecule has 42 heavy (non-hydrogen) atoms. The van der Waals surface area contributed by atoms with E-state index in [1.165, 1.54) is 0 Å². The molecule has 0 aliphatic heterocycles. The van der Waals surface area contributed by atoms with E-state index in [1.54, 1.807) is 12.4 Å². The number of nitrogens with zero attached hydrogens (tertiary/aromatic N) is 2. The molecule has 13 nitrogen and oxygen atoms in total. The van der Waals surface area contributed by atoms with Crippen LogP contribution >= 0.6 is 12.6 Å². The molecule has 0 aliphatic carbocycles. The molecule has 2 unspecified atom stereocenters. The Morgan fingerprint density at radius 2 is 1.55 bits per heavy atom. The Hall–Kier alpha value is -4.04. The summed E-state index contributed by atoms with van der Waals surface area (Å²) in [6.45, 7) is 2.32. The monoisotopic (exact) mass is 601 g/mol. The highest BCUT2D eigenvalue weighted by Crippen LogP contribution is 2.15. The molecule has 0 bridgehead atoms. The van der Waals surface area contributed by atoms with Gasteiger partial charge in [0.1, 0.15) is 6.04 Å².